The first-order chi connectivity index (χ1) is 8.33. The molecule has 0 saturated carbocycles. The Labute approximate surface area is 110 Å². The minimum absolute atomic E-state index is 0.103. The van der Waals surface area contributed by atoms with E-state index in [-0.39, 0.29) is 6.04 Å². The van der Waals surface area contributed by atoms with E-state index in [1.165, 1.54) is 4.31 Å². The van der Waals surface area contributed by atoms with Crippen LogP contribution in [-0.2, 0) is 10.2 Å². The van der Waals surface area contributed by atoms with Gasteiger partial charge in [0.05, 0.1) is 5.60 Å². The van der Waals surface area contributed by atoms with Gasteiger partial charge in [0, 0.05) is 25.7 Å². The summed E-state index contributed by atoms with van der Waals surface area (Å²) in [5.74, 6) is 0. The minimum Gasteiger partial charge on any atom is -0.390 e. The van der Waals surface area contributed by atoms with Crippen molar-refractivity contribution >= 4 is 10.2 Å². The number of piperidine rings is 2. The van der Waals surface area contributed by atoms with Crippen molar-refractivity contribution in [3.8, 4) is 0 Å². The van der Waals surface area contributed by atoms with Gasteiger partial charge in [-0.15, -0.1) is 0 Å². The monoisotopic (exact) mass is 276 g/mol. The lowest BCUT2D eigenvalue weighted by Crippen LogP contribution is -2.53. The molecule has 5 nitrogen and oxygen atoms in total. The number of rotatable bonds is 2. The second-order valence-corrected chi connectivity index (χ2v) is 7.74. The Morgan fingerprint density at radius 1 is 1.17 bits per heavy atom. The van der Waals surface area contributed by atoms with Gasteiger partial charge in [0.15, 0.2) is 0 Å². The zero-order valence-corrected chi connectivity index (χ0v) is 12.1. The molecule has 2 heterocycles. The maximum absolute atomic E-state index is 12.5. The topological polar surface area (TPSA) is 60.9 Å². The van der Waals surface area contributed by atoms with Crippen molar-refractivity contribution in [3.05, 3.63) is 0 Å². The van der Waals surface area contributed by atoms with Gasteiger partial charge in [-0.05, 0) is 39.5 Å². The summed E-state index contributed by atoms with van der Waals surface area (Å²) < 4.78 is 28.2. The van der Waals surface area contributed by atoms with E-state index in [9.17, 15) is 13.5 Å². The van der Waals surface area contributed by atoms with Crippen molar-refractivity contribution in [3.63, 3.8) is 0 Å². The Kier molecular flexibility index (Phi) is 4.02. The highest BCUT2D eigenvalue weighted by molar-refractivity contribution is 7.86. The molecular weight excluding hydrogens is 252 g/mol. The quantitative estimate of drug-likeness (QED) is 0.817. The van der Waals surface area contributed by atoms with Gasteiger partial charge in [-0.3, -0.25) is 0 Å². The Morgan fingerprint density at radius 3 is 2.33 bits per heavy atom. The van der Waals surface area contributed by atoms with Gasteiger partial charge in [-0.1, -0.05) is 6.42 Å². The number of nitrogens with zero attached hydrogens (tertiary/aromatic N) is 2. The molecule has 2 fully saturated rings. The molecule has 2 rings (SSSR count). The largest absolute Gasteiger partial charge is 0.390 e. The number of hydrogen-bond acceptors (Lipinski definition) is 3. The molecule has 0 bridgehead atoms. The number of aliphatic hydroxyl groups is 1. The van der Waals surface area contributed by atoms with E-state index in [0.29, 0.717) is 32.5 Å². The first-order valence-electron chi connectivity index (χ1n) is 6.82. The second kappa shape index (κ2) is 5.07. The Morgan fingerprint density at radius 2 is 1.78 bits per heavy atom. The highest BCUT2D eigenvalue weighted by Gasteiger charge is 2.38. The molecule has 1 unspecified atom stereocenters. The zero-order chi connectivity index (χ0) is 13.4. The fraction of sp³-hybridized carbons (Fsp3) is 1.00. The van der Waals surface area contributed by atoms with E-state index >= 15 is 0 Å². The molecule has 2 saturated heterocycles. The average molecular weight is 276 g/mol. The Balaban J connectivity index is 2.07. The molecule has 6 heteroatoms. The van der Waals surface area contributed by atoms with Gasteiger partial charge in [0.1, 0.15) is 0 Å². The van der Waals surface area contributed by atoms with Crippen LogP contribution >= 0.6 is 0 Å². The van der Waals surface area contributed by atoms with Gasteiger partial charge >= 0.3 is 0 Å². The van der Waals surface area contributed by atoms with E-state index in [4.69, 9.17) is 0 Å². The summed E-state index contributed by atoms with van der Waals surface area (Å²) in [7, 11) is -3.33. The van der Waals surface area contributed by atoms with E-state index in [0.717, 1.165) is 19.3 Å². The summed E-state index contributed by atoms with van der Waals surface area (Å²) >= 11 is 0. The molecule has 2 aliphatic heterocycles. The predicted octanol–water partition coefficient (Wildman–Crippen LogP) is 0.952. The van der Waals surface area contributed by atoms with E-state index in [2.05, 4.69) is 0 Å². The Hall–Kier alpha value is -0.170. The molecule has 0 aliphatic carbocycles. The van der Waals surface area contributed by atoms with Gasteiger partial charge in [-0.25, -0.2) is 0 Å². The number of hydrogen-bond donors (Lipinski definition) is 1. The van der Waals surface area contributed by atoms with Crippen molar-refractivity contribution in [2.75, 3.05) is 19.6 Å². The van der Waals surface area contributed by atoms with Crippen molar-refractivity contribution in [1.82, 2.24) is 8.61 Å². The second-order valence-electron chi connectivity index (χ2n) is 5.86. The summed E-state index contributed by atoms with van der Waals surface area (Å²) in [6, 6.07) is 0.103. The van der Waals surface area contributed by atoms with Crippen LogP contribution in [0.3, 0.4) is 0 Å². The summed E-state index contributed by atoms with van der Waals surface area (Å²) in [5.41, 5.74) is -0.709. The van der Waals surface area contributed by atoms with E-state index in [1.54, 1.807) is 11.2 Å². The van der Waals surface area contributed by atoms with Gasteiger partial charge in [0.25, 0.3) is 10.2 Å². The van der Waals surface area contributed by atoms with Crippen LogP contribution < -0.4 is 0 Å². The molecule has 0 aromatic carbocycles. The van der Waals surface area contributed by atoms with Crippen LogP contribution in [0, 0.1) is 0 Å². The molecule has 0 spiro atoms. The fourth-order valence-corrected chi connectivity index (χ4v) is 4.62. The van der Waals surface area contributed by atoms with Crippen molar-refractivity contribution in [2.45, 2.75) is 57.6 Å². The average Bonchev–Trinajstić information content (AvgIpc) is 2.28. The molecule has 0 amide bonds. The lowest BCUT2D eigenvalue weighted by atomic mass is 9.95. The molecule has 18 heavy (non-hydrogen) atoms. The van der Waals surface area contributed by atoms with Crippen LogP contribution in [-0.4, -0.2) is 53.4 Å². The molecule has 2 aliphatic rings. The third-order valence-electron chi connectivity index (χ3n) is 4.16. The van der Waals surface area contributed by atoms with Crippen LogP contribution in [0.25, 0.3) is 0 Å². The highest BCUT2D eigenvalue weighted by Crippen LogP contribution is 2.27. The van der Waals surface area contributed by atoms with Gasteiger partial charge in [-0.2, -0.15) is 17.0 Å². The third kappa shape index (κ3) is 2.87. The maximum atomic E-state index is 12.5. The summed E-state index contributed by atoms with van der Waals surface area (Å²) in [6.45, 7) is 5.25. The van der Waals surface area contributed by atoms with Crippen molar-refractivity contribution in [2.24, 2.45) is 0 Å². The van der Waals surface area contributed by atoms with Crippen LogP contribution in [0.1, 0.15) is 46.0 Å². The Bertz CT molecular complexity index is 384. The summed E-state index contributed by atoms with van der Waals surface area (Å²) in [5, 5.41) is 9.89. The molecule has 0 radical (unpaired) electrons. The van der Waals surface area contributed by atoms with Crippen LogP contribution in [0.2, 0.25) is 0 Å². The summed E-state index contributed by atoms with van der Waals surface area (Å²) in [4.78, 5) is 0. The normalized spacial score (nSPS) is 31.4. The third-order valence-corrected chi connectivity index (χ3v) is 6.32. The first-order valence-corrected chi connectivity index (χ1v) is 8.22. The van der Waals surface area contributed by atoms with Crippen LogP contribution in [0.15, 0.2) is 0 Å². The molecule has 106 valence electrons. The van der Waals surface area contributed by atoms with Crippen molar-refractivity contribution < 1.29 is 13.5 Å². The smallest absolute Gasteiger partial charge is 0.282 e. The zero-order valence-electron chi connectivity index (χ0n) is 11.3. The van der Waals surface area contributed by atoms with Gasteiger partial charge < -0.3 is 5.11 Å². The molecular formula is C12H24N2O3S. The lowest BCUT2D eigenvalue weighted by molar-refractivity contribution is 0.0111. The summed E-state index contributed by atoms with van der Waals surface area (Å²) in [6.07, 6.45) is 4.06. The first kappa shape index (κ1) is 14.2. The van der Waals surface area contributed by atoms with Crippen molar-refractivity contribution in [1.29, 1.82) is 0 Å². The molecule has 0 aromatic heterocycles. The highest BCUT2D eigenvalue weighted by atomic mass is 32.2. The molecule has 1 N–H and O–H groups in total. The molecule has 0 aromatic rings. The van der Waals surface area contributed by atoms with Crippen LogP contribution in [0.5, 0.6) is 0 Å². The van der Waals surface area contributed by atoms with E-state index < -0.39 is 15.8 Å². The van der Waals surface area contributed by atoms with Gasteiger partial charge in [0.2, 0.25) is 0 Å². The minimum atomic E-state index is -3.33. The maximum Gasteiger partial charge on any atom is 0.282 e. The van der Waals surface area contributed by atoms with E-state index in [1.807, 2.05) is 6.92 Å². The standard InChI is InChI=1S/C12H24N2O3S/c1-11-5-3-4-8-14(11)18(16,17)13-9-6-12(2,15)7-10-13/h11,15H,3-10H2,1-2H3. The predicted molar refractivity (Wildman–Crippen MR) is 70.4 cm³/mol. The fourth-order valence-electron chi connectivity index (χ4n) is 2.76. The molecule has 1 atom stereocenters. The lowest BCUT2D eigenvalue weighted by Gasteiger charge is -2.40. The van der Waals surface area contributed by atoms with Crippen LogP contribution in [0.4, 0.5) is 0 Å². The SMILES string of the molecule is CC1CCCCN1S(=O)(=O)N1CCC(C)(O)CC1.